The minimum Gasteiger partial charge on any atom is -0.345 e. The van der Waals surface area contributed by atoms with Gasteiger partial charge in [0.1, 0.15) is 0 Å². The van der Waals surface area contributed by atoms with Gasteiger partial charge < -0.3 is 10.6 Å². The number of nitrogens with zero attached hydrogens (tertiary/aromatic N) is 3. The molecule has 0 unspecified atom stereocenters. The molecule has 132 valence electrons. The molecule has 0 aliphatic carbocycles. The molecule has 2 heterocycles. The van der Waals surface area contributed by atoms with E-state index in [0.29, 0.717) is 5.95 Å². The second-order valence-corrected chi connectivity index (χ2v) is 6.07. The predicted molar refractivity (Wildman–Crippen MR) is 103 cm³/mol. The van der Waals surface area contributed by atoms with Crippen molar-refractivity contribution in [2.24, 2.45) is 0 Å². The van der Waals surface area contributed by atoms with Crippen LogP contribution in [0.25, 0.3) is 11.3 Å². The summed E-state index contributed by atoms with van der Waals surface area (Å²) in [6.45, 7) is 5.94. The van der Waals surface area contributed by atoms with Crippen molar-refractivity contribution >= 4 is 17.5 Å². The van der Waals surface area contributed by atoms with E-state index in [-0.39, 0.29) is 12.5 Å². The molecule has 3 rings (SSSR count). The van der Waals surface area contributed by atoms with Crippen LogP contribution in [0.5, 0.6) is 0 Å². The Morgan fingerprint density at radius 3 is 2.58 bits per heavy atom. The van der Waals surface area contributed by atoms with Crippen LogP contribution in [0.2, 0.25) is 0 Å². The van der Waals surface area contributed by atoms with Gasteiger partial charge in [-0.1, -0.05) is 18.2 Å². The van der Waals surface area contributed by atoms with Crippen LogP contribution in [-0.4, -0.2) is 27.4 Å². The van der Waals surface area contributed by atoms with Crippen molar-refractivity contribution in [1.29, 1.82) is 0 Å². The lowest BCUT2D eigenvalue weighted by Crippen LogP contribution is -2.23. The van der Waals surface area contributed by atoms with Crippen LogP contribution in [0.3, 0.4) is 0 Å². The van der Waals surface area contributed by atoms with Crippen molar-refractivity contribution in [2.45, 2.75) is 20.8 Å². The molecule has 0 aliphatic heterocycles. The van der Waals surface area contributed by atoms with Crippen molar-refractivity contribution in [3.05, 3.63) is 65.6 Å². The Bertz CT molecular complexity index is 939. The van der Waals surface area contributed by atoms with Gasteiger partial charge in [0.15, 0.2) is 0 Å². The number of amides is 1. The molecular weight excluding hydrogens is 326 g/mol. The number of para-hydroxylation sites is 1. The highest BCUT2D eigenvalue weighted by Gasteiger charge is 2.08. The second-order valence-electron chi connectivity index (χ2n) is 6.07. The highest BCUT2D eigenvalue weighted by molar-refractivity contribution is 5.94. The van der Waals surface area contributed by atoms with E-state index in [1.54, 1.807) is 6.20 Å². The van der Waals surface area contributed by atoms with Crippen molar-refractivity contribution in [2.75, 3.05) is 17.2 Å². The number of nitrogens with one attached hydrogen (secondary N) is 2. The zero-order chi connectivity index (χ0) is 18.5. The molecule has 2 aromatic heterocycles. The Hall–Kier alpha value is -3.28. The number of anilines is 2. The average molecular weight is 347 g/mol. The zero-order valence-corrected chi connectivity index (χ0v) is 15.1. The third kappa shape index (κ3) is 4.22. The van der Waals surface area contributed by atoms with Crippen LogP contribution >= 0.6 is 0 Å². The molecule has 0 aliphatic rings. The first-order valence-corrected chi connectivity index (χ1v) is 8.40. The Balaban J connectivity index is 1.67. The summed E-state index contributed by atoms with van der Waals surface area (Å²) in [5, 5.41) is 5.85. The summed E-state index contributed by atoms with van der Waals surface area (Å²) >= 11 is 0. The summed E-state index contributed by atoms with van der Waals surface area (Å²) < 4.78 is 0. The average Bonchev–Trinajstić information content (AvgIpc) is 2.62. The van der Waals surface area contributed by atoms with E-state index < -0.39 is 0 Å². The van der Waals surface area contributed by atoms with Gasteiger partial charge in [-0.25, -0.2) is 9.97 Å². The van der Waals surface area contributed by atoms with Crippen LogP contribution in [-0.2, 0) is 4.79 Å². The lowest BCUT2D eigenvalue weighted by atomic mass is 10.1. The smallest absolute Gasteiger partial charge is 0.243 e. The van der Waals surface area contributed by atoms with Crippen molar-refractivity contribution in [3.8, 4) is 11.3 Å². The highest BCUT2D eigenvalue weighted by atomic mass is 16.1. The third-order valence-electron chi connectivity index (χ3n) is 3.98. The molecule has 6 heteroatoms. The number of rotatable bonds is 5. The number of hydrogen-bond donors (Lipinski definition) is 2. The lowest BCUT2D eigenvalue weighted by molar-refractivity contribution is -0.114. The third-order valence-corrected chi connectivity index (χ3v) is 3.98. The molecule has 1 aromatic carbocycles. The van der Waals surface area contributed by atoms with E-state index in [0.717, 1.165) is 33.9 Å². The molecule has 0 saturated heterocycles. The van der Waals surface area contributed by atoms with Crippen molar-refractivity contribution in [3.63, 3.8) is 0 Å². The van der Waals surface area contributed by atoms with Crippen molar-refractivity contribution in [1.82, 2.24) is 15.0 Å². The van der Waals surface area contributed by atoms with E-state index in [1.807, 2.05) is 63.2 Å². The molecule has 0 spiro atoms. The first kappa shape index (κ1) is 17.5. The molecule has 6 nitrogen and oxygen atoms in total. The first-order chi connectivity index (χ1) is 12.5. The van der Waals surface area contributed by atoms with E-state index in [4.69, 9.17) is 0 Å². The first-order valence-electron chi connectivity index (χ1n) is 8.40. The number of aryl methyl sites for hydroxylation is 3. The van der Waals surface area contributed by atoms with E-state index in [2.05, 4.69) is 25.6 Å². The fraction of sp³-hybridized carbons (Fsp3) is 0.200. The Morgan fingerprint density at radius 2 is 1.81 bits per heavy atom. The minimum absolute atomic E-state index is 0.0862. The summed E-state index contributed by atoms with van der Waals surface area (Å²) in [4.78, 5) is 25.3. The summed E-state index contributed by atoms with van der Waals surface area (Å²) in [5.74, 6) is 0.254. The standard InChI is InChI=1S/C20H21N5O/c1-13-6-4-5-7-17(13)24-19(26)12-22-20-21-11-10-18(25-20)16-9-8-14(2)23-15(16)3/h4-11H,12H2,1-3H3,(H,24,26)(H,21,22,25). The summed E-state index contributed by atoms with van der Waals surface area (Å²) in [6.07, 6.45) is 1.67. The maximum atomic E-state index is 12.1. The number of hydrogen-bond acceptors (Lipinski definition) is 5. The molecule has 26 heavy (non-hydrogen) atoms. The van der Waals surface area contributed by atoms with Crippen LogP contribution < -0.4 is 10.6 Å². The summed E-state index contributed by atoms with van der Waals surface area (Å²) in [5.41, 5.74) is 5.41. The monoisotopic (exact) mass is 347 g/mol. The van der Waals surface area contributed by atoms with Crippen LogP contribution in [0.4, 0.5) is 11.6 Å². The maximum absolute atomic E-state index is 12.1. The lowest BCUT2D eigenvalue weighted by Gasteiger charge is -2.10. The van der Waals surface area contributed by atoms with E-state index in [1.165, 1.54) is 0 Å². The zero-order valence-electron chi connectivity index (χ0n) is 15.1. The molecule has 0 bridgehead atoms. The Kier molecular flexibility index (Phi) is 5.22. The normalized spacial score (nSPS) is 10.4. The molecule has 0 radical (unpaired) electrons. The van der Waals surface area contributed by atoms with Gasteiger partial charge in [0.2, 0.25) is 11.9 Å². The van der Waals surface area contributed by atoms with Gasteiger partial charge in [-0.3, -0.25) is 9.78 Å². The SMILES string of the molecule is Cc1ccc(-c2ccnc(NCC(=O)Nc3ccccc3C)n2)c(C)n1. The molecule has 0 atom stereocenters. The van der Waals surface area contributed by atoms with Crippen LogP contribution in [0.15, 0.2) is 48.7 Å². The molecule has 0 fully saturated rings. The second kappa shape index (κ2) is 7.74. The number of pyridine rings is 1. The van der Waals surface area contributed by atoms with E-state index in [9.17, 15) is 4.79 Å². The van der Waals surface area contributed by atoms with Gasteiger partial charge in [-0.15, -0.1) is 0 Å². The van der Waals surface area contributed by atoms with Gasteiger partial charge >= 0.3 is 0 Å². The number of aromatic nitrogens is 3. The number of carbonyl (C=O) groups is 1. The minimum atomic E-state index is -0.151. The Morgan fingerprint density at radius 1 is 1.00 bits per heavy atom. The molecular formula is C20H21N5O. The maximum Gasteiger partial charge on any atom is 0.243 e. The van der Waals surface area contributed by atoms with Crippen molar-refractivity contribution < 1.29 is 4.79 Å². The molecule has 0 saturated carbocycles. The number of benzene rings is 1. The van der Waals surface area contributed by atoms with Crippen LogP contribution in [0, 0.1) is 20.8 Å². The predicted octanol–water partition coefficient (Wildman–Crippen LogP) is 3.51. The molecule has 2 N–H and O–H groups in total. The largest absolute Gasteiger partial charge is 0.345 e. The van der Waals surface area contributed by atoms with Gasteiger partial charge in [-0.2, -0.15) is 0 Å². The van der Waals surface area contributed by atoms with E-state index >= 15 is 0 Å². The quantitative estimate of drug-likeness (QED) is 0.738. The summed E-state index contributed by atoms with van der Waals surface area (Å²) in [7, 11) is 0. The van der Waals surface area contributed by atoms with Gasteiger partial charge in [0.05, 0.1) is 12.2 Å². The number of carbonyl (C=O) groups excluding carboxylic acids is 1. The van der Waals surface area contributed by atoms with Crippen LogP contribution in [0.1, 0.15) is 17.0 Å². The molecule has 1 amide bonds. The fourth-order valence-electron chi connectivity index (χ4n) is 2.62. The van der Waals surface area contributed by atoms with Gasteiger partial charge in [0, 0.05) is 28.8 Å². The summed E-state index contributed by atoms with van der Waals surface area (Å²) in [6, 6.07) is 13.4. The molecule has 3 aromatic rings. The van der Waals surface area contributed by atoms with Gasteiger partial charge in [-0.05, 0) is 50.6 Å². The fourth-order valence-corrected chi connectivity index (χ4v) is 2.62. The van der Waals surface area contributed by atoms with Gasteiger partial charge in [0.25, 0.3) is 0 Å². The topological polar surface area (TPSA) is 79.8 Å². The Labute approximate surface area is 152 Å². The highest BCUT2D eigenvalue weighted by Crippen LogP contribution is 2.21.